The van der Waals surface area contributed by atoms with Gasteiger partial charge in [-0.15, -0.1) is 9.36 Å². The molecule has 0 aliphatic rings. The molecule has 0 saturated heterocycles. The maximum atomic E-state index is 2.30. The minimum absolute atomic E-state index is 0.570. The molecule has 1 heterocycles. The van der Waals surface area contributed by atoms with E-state index in [-0.39, 0.29) is 0 Å². The molecule has 0 fully saturated rings. The van der Waals surface area contributed by atoms with Crippen LogP contribution in [0.15, 0.2) is 48.7 Å². The van der Waals surface area contributed by atoms with Crippen LogP contribution >= 0.6 is 0 Å². The van der Waals surface area contributed by atoms with Gasteiger partial charge in [0.1, 0.15) is 5.69 Å². The van der Waals surface area contributed by atoms with Crippen molar-refractivity contribution in [2.75, 3.05) is 0 Å². The standard InChI is InChI=1S/C18H21N2/c1-13(2)15-9-10-17(14(3)11-15)20-12-16-7-5-6-8-18(16)19(20)4/h5-13H,1-4H3/q+1. The highest BCUT2D eigenvalue weighted by Crippen LogP contribution is 2.21. The maximum Gasteiger partial charge on any atom is 0.238 e. The second-order valence-electron chi connectivity index (χ2n) is 5.76. The lowest BCUT2D eigenvalue weighted by atomic mass is 10.0. The molecule has 0 aliphatic heterocycles. The van der Waals surface area contributed by atoms with Gasteiger partial charge < -0.3 is 0 Å². The lowest BCUT2D eigenvalue weighted by molar-refractivity contribution is -0.720. The third-order valence-electron chi connectivity index (χ3n) is 4.00. The van der Waals surface area contributed by atoms with Crippen LogP contribution in [0.5, 0.6) is 0 Å². The van der Waals surface area contributed by atoms with E-state index < -0.39 is 0 Å². The van der Waals surface area contributed by atoms with Crippen molar-refractivity contribution >= 4 is 10.9 Å². The van der Waals surface area contributed by atoms with Crippen LogP contribution in [0.2, 0.25) is 0 Å². The largest absolute Gasteiger partial charge is 0.238 e. The monoisotopic (exact) mass is 265 g/mol. The third-order valence-corrected chi connectivity index (χ3v) is 4.00. The molecule has 0 bridgehead atoms. The zero-order valence-electron chi connectivity index (χ0n) is 12.6. The molecule has 2 nitrogen and oxygen atoms in total. The Morgan fingerprint density at radius 1 is 1.05 bits per heavy atom. The number of para-hydroxylation sites is 1. The van der Waals surface area contributed by atoms with E-state index in [0.717, 1.165) is 0 Å². The van der Waals surface area contributed by atoms with Gasteiger partial charge in [-0.1, -0.05) is 38.1 Å². The van der Waals surface area contributed by atoms with Gasteiger partial charge in [0.2, 0.25) is 5.52 Å². The zero-order chi connectivity index (χ0) is 14.3. The zero-order valence-corrected chi connectivity index (χ0v) is 12.6. The third kappa shape index (κ3) is 2.01. The summed E-state index contributed by atoms with van der Waals surface area (Å²) in [6.45, 7) is 6.66. The van der Waals surface area contributed by atoms with E-state index in [1.165, 1.54) is 27.7 Å². The summed E-state index contributed by atoms with van der Waals surface area (Å²) in [6, 6.07) is 15.2. The number of fused-ring (bicyclic) bond motifs is 1. The molecular weight excluding hydrogens is 244 g/mol. The molecule has 2 aromatic carbocycles. The Morgan fingerprint density at radius 3 is 2.45 bits per heavy atom. The van der Waals surface area contributed by atoms with Gasteiger partial charge >= 0.3 is 0 Å². The molecule has 102 valence electrons. The van der Waals surface area contributed by atoms with E-state index in [0.29, 0.717) is 5.92 Å². The van der Waals surface area contributed by atoms with Crippen molar-refractivity contribution in [1.29, 1.82) is 0 Å². The summed E-state index contributed by atoms with van der Waals surface area (Å²) < 4.78 is 4.43. The maximum absolute atomic E-state index is 2.30. The first-order valence-corrected chi connectivity index (χ1v) is 7.15. The average molecular weight is 265 g/mol. The van der Waals surface area contributed by atoms with Crippen LogP contribution in [0.4, 0.5) is 0 Å². The molecule has 3 rings (SSSR count). The van der Waals surface area contributed by atoms with Crippen molar-refractivity contribution in [1.82, 2.24) is 4.68 Å². The molecule has 3 aromatic rings. The molecule has 0 unspecified atom stereocenters. The predicted octanol–water partition coefficient (Wildman–Crippen LogP) is 3.89. The molecule has 0 atom stereocenters. The Balaban J connectivity index is 2.18. The van der Waals surface area contributed by atoms with Crippen LogP contribution in [0, 0.1) is 6.92 Å². The van der Waals surface area contributed by atoms with Crippen LogP contribution in [-0.2, 0) is 7.05 Å². The van der Waals surface area contributed by atoms with Crippen LogP contribution in [0.1, 0.15) is 30.9 Å². The van der Waals surface area contributed by atoms with Crippen LogP contribution in [0.3, 0.4) is 0 Å². The second-order valence-corrected chi connectivity index (χ2v) is 5.76. The fourth-order valence-corrected chi connectivity index (χ4v) is 2.75. The van der Waals surface area contributed by atoms with Crippen molar-refractivity contribution in [2.24, 2.45) is 7.05 Å². The van der Waals surface area contributed by atoms with Crippen LogP contribution in [0.25, 0.3) is 16.6 Å². The van der Waals surface area contributed by atoms with Gasteiger partial charge in [-0.3, -0.25) is 0 Å². The highest BCUT2D eigenvalue weighted by atomic mass is 15.4. The number of hydrogen-bond donors (Lipinski definition) is 0. The smallest absolute Gasteiger partial charge is 0.127 e. The minimum atomic E-state index is 0.570. The van der Waals surface area contributed by atoms with Crippen molar-refractivity contribution < 1.29 is 4.68 Å². The average Bonchev–Trinajstić information content (AvgIpc) is 2.76. The number of hydrogen-bond acceptors (Lipinski definition) is 0. The Labute approximate surface area is 120 Å². The molecule has 0 aliphatic carbocycles. The van der Waals surface area contributed by atoms with Crippen molar-refractivity contribution in [2.45, 2.75) is 26.7 Å². The van der Waals surface area contributed by atoms with Crippen LogP contribution < -0.4 is 4.68 Å². The molecule has 0 radical (unpaired) electrons. The molecule has 1 aromatic heterocycles. The van der Waals surface area contributed by atoms with Gasteiger partial charge in [-0.2, -0.15) is 0 Å². The Morgan fingerprint density at radius 2 is 1.80 bits per heavy atom. The summed E-state index contributed by atoms with van der Waals surface area (Å²) in [7, 11) is 2.11. The highest BCUT2D eigenvalue weighted by molar-refractivity contribution is 5.75. The van der Waals surface area contributed by atoms with Gasteiger partial charge in [0.25, 0.3) is 0 Å². The van der Waals surface area contributed by atoms with E-state index in [1.54, 1.807) is 0 Å². The van der Waals surface area contributed by atoms with Crippen LogP contribution in [-0.4, -0.2) is 4.68 Å². The molecule has 20 heavy (non-hydrogen) atoms. The molecular formula is C18H21N2+. The van der Waals surface area contributed by atoms with Gasteiger partial charge in [0.15, 0.2) is 7.05 Å². The number of aromatic nitrogens is 2. The number of nitrogens with zero attached hydrogens (tertiary/aromatic N) is 2. The number of benzene rings is 2. The summed E-state index contributed by atoms with van der Waals surface area (Å²) in [6.07, 6.45) is 2.20. The lowest BCUT2D eigenvalue weighted by Crippen LogP contribution is -2.38. The molecule has 0 saturated carbocycles. The van der Waals surface area contributed by atoms with E-state index in [1.807, 2.05) is 0 Å². The van der Waals surface area contributed by atoms with E-state index in [4.69, 9.17) is 0 Å². The Bertz CT molecular complexity index is 766. The summed E-state index contributed by atoms with van der Waals surface area (Å²) in [4.78, 5) is 0. The molecule has 2 heteroatoms. The summed E-state index contributed by atoms with van der Waals surface area (Å²) in [5.74, 6) is 0.570. The molecule has 0 spiro atoms. The first kappa shape index (κ1) is 12.9. The topological polar surface area (TPSA) is 8.81 Å². The number of aryl methyl sites for hydroxylation is 2. The van der Waals surface area contributed by atoms with Gasteiger partial charge in [-0.05, 0) is 36.1 Å². The van der Waals surface area contributed by atoms with Crippen molar-refractivity contribution in [3.63, 3.8) is 0 Å². The normalized spacial score (nSPS) is 11.4. The van der Waals surface area contributed by atoms with Gasteiger partial charge in [0, 0.05) is 6.07 Å². The fourth-order valence-electron chi connectivity index (χ4n) is 2.75. The van der Waals surface area contributed by atoms with Crippen molar-refractivity contribution in [3.8, 4) is 5.69 Å². The van der Waals surface area contributed by atoms with E-state index >= 15 is 0 Å². The number of rotatable bonds is 2. The first-order chi connectivity index (χ1) is 9.58. The SMILES string of the molecule is Cc1cc(C(C)C)ccc1-n1cc2ccccc2[n+]1C. The molecule has 0 amide bonds. The Kier molecular flexibility index (Phi) is 3.09. The second kappa shape index (κ2) is 4.78. The summed E-state index contributed by atoms with van der Waals surface area (Å²) in [5, 5.41) is 1.27. The van der Waals surface area contributed by atoms with E-state index in [9.17, 15) is 0 Å². The fraction of sp³-hybridized carbons (Fsp3) is 0.278. The van der Waals surface area contributed by atoms with E-state index in [2.05, 4.69) is 85.8 Å². The van der Waals surface area contributed by atoms with Gasteiger partial charge in [-0.25, -0.2) is 0 Å². The first-order valence-electron chi connectivity index (χ1n) is 7.15. The lowest BCUT2D eigenvalue weighted by Gasteiger charge is -2.10. The minimum Gasteiger partial charge on any atom is -0.127 e. The molecule has 0 N–H and O–H groups in total. The Hall–Kier alpha value is -2.09. The highest BCUT2D eigenvalue weighted by Gasteiger charge is 2.15. The summed E-state index contributed by atoms with van der Waals surface area (Å²) >= 11 is 0. The quantitative estimate of drug-likeness (QED) is 0.622. The van der Waals surface area contributed by atoms with Crippen molar-refractivity contribution in [3.05, 3.63) is 59.8 Å². The predicted molar refractivity (Wildman–Crippen MR) is 83.3 cm³/mol. The van der Waals surface area contributed by atoms with Gasteiger partial charge in [0.05, 0.1) is 11.6 Å². The summed E-state index contributed by atoms with van der Waals surface area (Å²) in [5.41, 5.74) is 5.20.